The molecule has 1 unspecified atom stereocenters. The van der Waals surface area contributed by atoms with Crippen LogP contribution in [0.2, 0.25) is 0 Å². The lowest BCUT2D eigenvalue weighted by atomic mass is 10.1. The fourth-order valence-corrected chi connectivity index (χ4v) is 2.61. The Morgan fingerprint density at radius 3 is 2.86 bits per heavy atom. The Morgan fingerprint density at radius 2 is 2.14 bits per heavy atom. The van der Waals surface area contributed by atoms with E-state index in [4.69, 9.17) is 4.52 Å². The van der Waals surface area contributed by atoms with Crippen LogP contribution in [0.3, 0.4) is 0 Å². The van der Waals surface area contributed by atoms with Crippen molar-refractivity contribution in [2.24, 2.45) is 0 Å². The van der Waals surface area contributed by atoms with Crippen LogP contribution in [-0.4, -0.2) is 41.2 Å². The lowest BCUT2D eigenvalue weighted by molar-refractivity contribution is 0.263. The van der Waals surface area contributed by atoms with Gasteiger partial charge in [0.15, 0.2) is 5.82 Å². The summed E-state index contributed by atoms with van der Waals surface area (Å²) >= 11 is 0. The van der Waals surface area contributed by atoms with E-state index >= 15 is 0 Å². The molecule has 1 atom stereocenters. The monoisotopic (exact) mass is 308 g/mol. The summed E-state index contributed by atoms with van der Waals surface area (Å²) in [7, 11) is 2.01. The minimum atomic E-state index is 0. The number of rotatable bonds is 5. The third-order valence-corrected chi connectivity index (χ3v) is 3.75. The summed E-state index contributed by atoms with van der Waals surface area (Å²) in [5.74, 6) is 1.48. The molecule has 0 radical (unpaired) electrons. The molecule has 21 heavy (non-hydrogen) atoms. The van der Waals surface area contributed by atoms with E-state index in [1.807, 2.05) is 25.2 Å². The maximum atomic E-state index is 5.34. The highest BCUT2D eigenvalue weighted by molar-refractivity contribution is 5.85. The molecule has 6 heteroatoms. The molecule has 1 aromatic carbocycles. The average Bonchev–Trinajstić information content (AvgIpc) is 3.10. The molecule has 0 aliphatic carbocycles. The van der Waals surface area contributed by atoms with Crippen LogP contribution in [0, 0.1) is 0 Å². The number of halogens is 1. The Labute approximate surface area is 131 Å². The standard InChI is InChI=1S/C15H20N4O.ClH/c1-16-13-7-8-19(10-13)11-15-17-14(18-20-15)9-12-5-3-2-4-6-12;/h2-6,13,16H,7-11H2,1H3;1H. The van der Waals surface area contributed by atoms with E-state index in [1.165, 1.54) is 12.0 Å². The maximum Gasteiger partial charge on any atom is 0.240 e. The Kier molecular flexibility index (Phi) is 5.73. The number of likely N-dealkylation sites (N-methyl/N-ethyl adjacent to an activating group) is 1. The van der Waals surface area contributed by atoms with Gasteiger partial charge in [-0.25, -0.2) is 0 Å². The Hall–Kier alpha value is -1.43. The first kappa shape index (κ1) is 15.9. The van der Waals surface area contributed by atoms with Gasteiger partial charge in [0.05, 0.1) is 6.54 Å². The second-order valence-corrected chi connectivity index (χ2v) is 5.28. The zero-order valence-corrected chi connectivity index (χ0v) is 13.0. The highest BCUT2D eigenvalue weighted by Crippen LogP contribution is 2.13. The van der Waals surface area contributed by atoms with Gasteiger partial charge in [0.1, 0.15) is 0 Å². The molecule has 0 saturated carbocycles. The van der Waals surface area contributed by atoms with E-state index in [2.05, 4.69) is 32.5 Å². The maximum absolute atomic E-state index is 5.34. The number of benzene rings is 1. The first-order valence-electron chi connectivity index (χ1n) is 7.08. The van der Waals surface area contributed by atoms with Crippen molar-refractivity contribution < 1.29 is 4.52 Å². The van der Waals surface area contributed by atoms with Crippen LogP contribution in [0.5, 0.6) is 0 Å². The van der Waals surface area contributed by atoms with Crippen LogP contribution in [0.4, 0.5) is 0 Å². The summed E-state index contributed by atoms with van der Waals surface area (Å²) in [5, 5.41) is 7.37. The number of hydrogen-bond donors (Lipinski definition) is 1. The molecule has 1 aliphatic rings. The van der Waals surface area contributed by atoms with Gasteiger partial charge in [-0.05, 0) is 19.0 Å². The summed E-state index contributed by atoms with van der Waals surface area (Å²) in [6.07, 6.45) is 1.91. The number of nitrogens with one attached hydrogen (secondary N) is 1. The molecule has 114 valence electrons. The Morgan fingerprint density at radius 1 is 1.33 bits per heavy atom. The Balaban J connectivity index is 0.00000161. The third-order valence-electron chi connectivity index (χ3n) is 3.75. The van der Waals surface area contributed by atoms with Crippen molar-refractivity contribution >= 4 is 12.4 Å². The van der Waals surface area contributed by atoms with E-state index in [-0.39, 0.29) is 12.4 Å². The molecule has 5 nitrogen and oxygen atoms in total. The van der Waals surface area contributed by atoms with Gasteiger partial charge in [-0.1, -0.05) is 35.5 Å². The number of hydrogen-bond acceptors (Lipinski definition) is 5. The minimum absolute atomic E-state index is 0. The smallest absolute Gasteiger partial charge is 0.240 e. The van der Waals surface area contributed by atoms with Gasteiger partial charge in [0.2, 0.25) is 5.89 Å². The first-order valence-corrected chi connectivity index (χ1v) is 7.08. The van der Waals surface area contributed by atoms with Crippen LogP contribution >= 0.6 is 12.4 Å². The predicted octanol–water partition coefficient (Wildman–Crippen LogP) is 1.88. The van der Waals surface area contributed by atoms with Crippen LogP contribution < -0.4 is 5.32 Å². The van der Waals surface area contributed by atoms with E-state index in [9.17, 15) is 0 Å². The topological polar surface area (TPSA) is 54.2 Å². The van der Waals surface area contributed by atoms with Crippen molar-refractivity contribution in [3.05, 3.63) is 47.6 Å². The van der Waals surface area contributed by atoms with E-state index in [0.717, 1.165) is 31.9 Å². The molecular formula is C15H21ClN4O. The van der Waals surface area contributed by atoms with Crippen molar-refractivity contribution in [1.29, 1.82) is 0 Å². The summed E-state index contributed by atoms with van der Waals surface area (Å²) in [6, 6.07) is 10.8. The van der Waals surface area contributed by atoms with Crippen LogP contribution in [0.25, 0.3) is 0 Å². The normalized spacial score (nSPS) is 18.6. The summed E-state index contributed by atoms with van der Waals surface area (Å²) in [5.41, 5.74) is 1.20. The zero-order chi connectivity index (χ0) is 13.8. The lowest BCUT2D eigenvalue weighted by Crippen LogP contribution is -2.29. The van der Waals surface area contributed by atoms with Crippen LogP contribution in [-0.2, 0) is 13.0 Å². The van der Waals surface area contributed by atoms with E-state index in [1.54, 1.807) is 0 Å². The van der Waals surface area contributed by atoms with Crippen molar-refractivity contribution in [2.45, 2.75) is 25.4 Å². The van der Waals surface area contributed by atoms with Gasteiger partial charge in [-0.2, -0.15) is 4.98 Å². The molecule has 0 amide bonds. The van der Waals surface area contributed by atoms with Gasteiger partial charge in [-0.3, -0.25) is 4.90 Å². The van der Waals surface area contributed by atoms with Crippen LogP contribution in [0.15, 0.2) is 34.9 Å². The largest absolute Gasteiger partial charge is 0.338 e. The molecule has 1 saturated heterocycles. The van der Waals surface area contributed by atoms with Crippen molar-refractivity contribution in [3.63, 3.8) is 0 Å². The van der Waals surface area contributed by atoms with Crippen molar-refractivity contribution in [2.75, 3.05) is 20.1 Å². The van der Waals surface area contributed by atoms with Crippen molar-refractivity contribution in [3.8, 4) is 0 Å². The van der Waals surface area contributed by atoms with Gasteiger partial charge >= 0.3 is 0 Å². The highest BCUT2D eigenvalue weighted by Gasteiger charge is 2.22. The highest BCUT2D eigenvalue weighted by atomic mass is 35.5. The fourth-order valence-electron chi connectivity index (χ4n) is 2.61. The zero-order valence-electron chi connectivity index (χ0n) is 12.2. The molecule has 1 aliphatic heterocycles. The van der Waals surface area contributed by atoms with Gasteiger partial charge in [-0.15, -0.1) is 12.4 Å². The predicted molar refractivity (Wildman–Crippen MR) is 83.5 cm³/mol. The molecular weight excluding hydrogens is 288 g/mol. The summed E-state index contributed by atoms with van der Waals surface area (Å²) in [6.45, 7) is 2.88. The third kappa shape index (κ3) is 4.27. The average molecular weight is 309 g/mol. The molecule has 0 spiro atoms. The molecule has 2 heterocycles. The van der Waals surface area contributed by atoms with Crippen LogP contribution in [0.1, 0.15) is 23.7 Å². The summed E-state index contributed by atoms with van der Waals surface area (Å²) in [4.78, 5) is 6.83. The molecule has 3 rings (SSSR count). The second kappa shape index (κ2) is 7.54. The van der Waals surface area contributed by atoms with Gasteiger partial charge in [0.25, 0.3) is 0 Å². The van der Waals surface area contributed by atoms with Crippen molar-refractivity contribution in [1.82, 2.24) is 20.4 Å². The number of likely N-dealkylation sites (tertiary alicyclic amines) is 1. The molecule has 1 N–H and O–H groups in total. The minimum Gasteiger partial charge on any atom is -0.338 e. The van der Waals surface area contributed by atoms with Gasteiger partial charge in [0, 0.05) is 25.6 Å². The quantitative estimate of drug-likeness (QED) is 0.914. The number of nitrogens with zero attached hydrogens (tertiary/aromatic N) is 3. The first-order chi connectivity index (χ1) is 9.83. The molecule has 1 aromatic heterocycles. The number of aromatic nitrogens is 2. The molecule has 2 aromatic rings. The van der Waals surface area contributed by atoms with Gasteiger partial charge < -0.3 is 9.84 Å². The van der Waals surface area contributed by atoms with E-state index < -0.39 is 0 Å². The summed E-state index contributed by atoms with van der Waals surface area (Å²) < 4.78 is 5.34. The molecule has 1 fully saturated rings. The molecule has 0 bridgehead atoms. The SMILES string of the molecule is CNC1CCN(Cc2nc(Cc3ccccc3)no2)C1.Cl. The fraction of sp³-hybridized carbons (Fsp3) is 0.467. The second-order valence-electron chi connectivity index (χ2n) is 5.28. The van der Waals surface area contributed by atoms with E-state index in [0.29, 0.717) is 11.9 Å². The Bertz CT molecular complexity index is 546. The lowest BCUT2D eigenvalue weighted by Gasteiger charge is -2.12.